The Morgan fingerprint density at radius 1 is 1.21 bits per heavy atom. The van der Waals surface area contributed by atoms with Crippen LogP contribution < -0.4 is 5.32 Å². The lowest BCUT2D eigenvalue weighted by Crippen LogP contribution is -2.51. The molecule has 1 N–H and O–H groups in total. The highest BCUT2D eigenvalue weighted by molar-refractivity contribution is 7.92. The lowest BCUT2D eigenvalue weighted by molar-refractivity contribution is -0.135. The normalized spacial score (nSPS) is 15.5. The summed E-state index contributed by atoms with van der Waals surface area (Å²) in [7, 11) is -3.34. The molecule has 0 heterocycles. The first-order chi connectivity index (χ1) is 8.42. The minimum Gasteiger partial charge on any atom is -0.312 e. The molecule has 7 heteroatoms. The van der Waals surface area contributed by atoms with Crippen LogP contribution in [0.15, 0.2) is 0 Å². The van der Waals surface area contributed by atoms with E-state index >= 15 is 0 Å². The van der Waals surface area contributed by atoms with Crippen LogP contribution in [0.2, 0.25) is 0 Å². The van der Waals surface area contributed by atoms with Crippen LogP contribution >= 0.6 is 0 Å². The van der Waals surface area contributed by atoms with Crippen LogP contribution in [-0.2, 0) is 9.84 Å². The maximum Gasteiger partial charge on any atom is 0.389 e. The molecule has 0 aliphatic heterocycles. The van der Waals surface area contributed by atoms with Crippen LogP contribution in [0.5, 0.6) is 0 Å². The smallest absolute Gasteiger partial charge is 0.312 e. The molecule has 0 bridgehead atoms. The van der Waals surface area contributed by atoms with Crippen LogP contribution in [0.4, 0.5) is 13.2 Å². The number of halogens is 3. The van der Waals surface area contributed by atoms with Gasteiger partial charge in [0.1, 0.15) is 0 Å². The fourth-order valence-electron chi connectivity index (χ4n) is 1.78. The Labute approximate surface area is 113 Å². The SMILES string of the molecule is CCCNC(CCCC(F)(F)F)C(C)(C)S(C)(=O)=O. The van der Waals surface area contributed by atoms with E-state index in [1.54, 1.807) is 13.8 Å². The van der Waals surface area contributed by atoms with Crippen molar-refractivity contribution in [1.29, 1.82) is 0 Å². The Morgan fingerprint density at radius 2 is 1.74 bits per heavy atom. The van der Waals surface area contributed by atoms with Gasteiger partial charge in [-0.05, 0) is 39.7 Å². The van der Waals surface area contributed by atoms with Gasteiger partial charge in [-0.3, -0.25) is 0 Å². The average molecular weight is 303 g/mol. The van der Waals surface area contributed by atoms with Crippen molar-refractivity contribution in [2.45, 2.75) is 63.4 Å². The molecule has 0 spiro atoms. The van der Waals surface area contributed by atoms with E-state index in [1.165, 1.54) is 0 Å². The highest BCUT2D eigenvalue weighted by Gasteiger charge is 2.39. The number of sulfone groups is 1. The van der Waals surface area contributed by atoms with Crippen LogP contribution in [0.1, 0.15) is 46.5 Å². The third-order valence-electron chi connectivity index (χ3n) is 3.39. The highest BCUT2D eigenvalue weighted by Crippen LogP contribution is 2.27. The zero-order chi connectivity index (χ0) is 15.3. The second-order valence-corrected chi connectivity index (χ2v) is 7.99. The number of hydrogen-bond acceptors (Lipinski definition) is 3. The Balaban J connectivity index is 4.73. The largest absolute Gasteiger partial charge is 0.389 e. The van der Waals surface area contributed by atoms with E-state index in [2.05, 4.69) is 5.32 Å². The van der Waals surface area contributed by atoms with Crippen LogP contribution in [0.3, 0.4) is 0 Å². The van der Waals surface area contributed by atoms with Crippen molar-refractivity contribution in [1.82, 2.24) is 5.32 Å². The first kappa shape index (κ1) is 18.7. The molecule has 1 atom stereocenters. The van der Waals surface area contributed by atoms with E-state index in [0.717, 1.165) is 12.7 Å². The van der Waals surface area contributed by atoms with Gasteiger partial charge in [-0.1, -0.05) is 6.92 Å². The predicted octanol–water partition coefficient (Wildman–Crippen LogP) is 2.91. The third-order valence-corrected chi connectivity index (χ3v) is 5.58. The summed E-state index contributed by atoms with van der Waals surface area (Å²) in [5.41, 5.74) is 0. The quantitative estimate of drug-likeness (QED) is 0.750. The summed E-state index contributed by atoms with van der Waals surface area (Å²) in [6.45, 7) is 5.63. The molecule has 0 aliphatic carbocycles. The van der Waals surface area contributed by atoms with Gasteiger partial charge in [-0.25, -0.2) is 8.42 Å². The minimum atomic E-state index is -4.19. The van der Waals surface area contributed by atoms with E-state index in [0.29, 0.717) is 6.54 Å². The lowest BCUT2D eigenvalue weighted by atomic mass is 9.97. The molecular weight excluding hydrogens is 279 g/mol. The van der Waals surface area contributed by atoms with Crippen molar-refractivity contribution in [2.75, 3.05) is 12.8 Å². The second-order valence-electron chi connectivity index (χ2n) is 5.39. The number of rotatable bonds is 8. The predicted molar refractivity (Wildman–Crippen MR) is 70.9 cm³/mol. The zero-order valence-corrected chi connectivity index (χ0v) is 12.8. The summed E-state index contributed by atoms with van der Waals surface area (Å²) < 4.78 is 58.9. The molecule has 0 saturated heterocycles. The van der Waals surface area contributed by atoms with E-state index in [-0.39, 0.29) is 12.8 Å². The molecule has 3 nitrogen and oxygen atoms in total. The molecule has 116 valence electrons. The van der Waals surface area contributed by atoms with Gasteiger partial charge in [-0.2, -0.15) is 13.2 Å². The van der Waals surface area contributed by atoms with Gasteiger partial charge in [0.25, 0.3) is 0 Å². The number of nitrogens with one attached hydrogen (secondary N) is 1. The van der Waals surface area contributed by atoms with E-state index in [9.17, 15) is 21.6 Å². The molecule has 0 fully saturated rings. The van der Waals surface area contributed by atoms with Gasteiger partial charge >= 0.3 is 6.18 Å². The molecular formula is C12H24F3NO2S. The standard InChI is InChI=1S/C12H24F3NO2S/c1-5-9-16-10(7-6-8-12(13,14)15)11(2,3)19(4,17)18/h10,16H,5-9H2,1-4H3. The molecule has 0 radical (unpaired) electrons. The van der Waals surface area contributed by atoms with Crippen LogP contribution in [0, 0.1) is 0 Å². The number of alkyl halides is 3. The average Bonchev–Trinajstić information content (AvgIpc) is 2.19. The molecule has 0 aromatic carbocycles. The van der Waals surface area contributed by atoms with Crippen molar-refractivity contribution in [3.8, 4) is 0 Å². The molecule has 0 rings (SSSR count). The molecule has 0 amide bonds. The maximum atomic E-state index is 12.1. The van der Waals surface area contributed by atoms with Gasteiger partial charge in [0.2, 0.25) is 0 Å². The molecule has 0 aliphatic rings. The zero-order valence-electron chi connectivity index (χ0n) is 12.0. The number of hydrogen-bond donors (Lipinski definition) is 1. The minimum absolute atomic E-state index is 0.0656. The van der Waals surface area contributed by atoms with Crippen molar-refractivity contribution in [2.24, 2.45) is 0 Å². The summed E-state index contributed by atoms with van der Waals surface area (Å²) in [5.74, 6) is 0. The van der Waals surface area contributed by atoms with Crippen molar-refractivity contribution in [3.63, 3.8) is 0 Å². The molecule has 0 aromatic rings. The monoisotopic (exact) mass is 303 g/mol. The van der Waals surface area contributed by atoms with Gasteiger partial charge in [0.05, 0.1) is 4.75 Å². The van der Waals surface area contributed by atoms with Gasteiger partial charge in [0, 0.05) is 18.7 Å². The Morgan fingerprint density at radius 3 is 2.11 bits per heavy atom. The first-order valence-corrected chi connectivity index (χ1v) is 8.30. The van der Waals surface area contributed by atoms with Crippen molar-refractivity contribution < 1.29 is 21.6 Å². The molecule has 0 saturated carbocycles. The topological polar surface area (TPSA) is 46.2 Å². The Kier molecular flexibility index (Phi) is 6.82. The van der Waals surface area contributed by atoms with E-state index in [1.807, 2.05) is 6.92 Å². The summed E-state index contributed by atoms with van der Waals surface area (Å²) >= 11 is 0. The summed E-state index contributed by atoms with van der Waals surface area (Å²) in [5, 5.41) is 3.06. The molecule has 1 unspecified atom stereocenters. The first-order valence-electron chi connectivity index (χ1n) is 6.41. The fourth-order valence-corrected chi connectivity index (χ4v) is 2.50. The van der Waals surface area contributed by atoms with Crippen LogP contribution in [0.25, 0.3) is 0 Å². The summed E-state index contributed by atoms with van der Waals surface area (Å²) in [6, 6.07) is -0.468. The highest BCUT2D eigenvalue weighted by atomic mass is 32.2. The van der Waals surface area contributed by atoms with E-state index < -0.39 is 33.2 Å². The van der Waals surface area contributed by atoms with E-state index in [4.69, 9.17) is 0 Å². The van der Waals surface area contributed by atoms with Gasteiger partial charge in [-0.15, -0.1) is 0 Å². The third kappa shape index (κ3) is 6.61. The molecule has 19 heavy (non-hydrogen) atoms. The fraction of sp³-hybridized carbons (Fsp3) is 1.00. The van der Waals surface area contributed by atoms with Crippen molar-refractivity contribution in [3.05, 3.63) is 0 Å². The lowest BCUT2D eigenvalue weighted by Gasteiger charge is -2.33. The second kappa shape index (κ2) is 6.92. The van der Waals surface area contributed by atoms with Crippen LogP contribution in [-0.4, -0.2) is 38.2 Å². The van der Waals surface area contributed by atoms with Gasteiger partial charge in [0.15, 0.2) is 9.84 Å². The van der Waals surface area contributed by atoms with Gasteiger partial charge < -0.3 is 5.32 Å². The Hall–Kier alpha value is -0.300. The summed E-state index contributed by atoms with van der Waals surface area (Å²) in [4.78, 5) is 0. The Bertz CT molecular complexity index is 364. The summed E-state index contributed by atoms with van der Waals surface area (Å²) in [6.07, 6.45) is -3.02. The maximum absolute atomic E-state index is 12.1. The molecule has 0 aromatic heterocycles. The van der Waals surface area contributed by atoms with Crippen molar-refractivity contribution >= 4 is 9.84 Å².